The number of nitrogens with one attached hydrogen (secondary N) is 1. The number of fused-ring (bicyclic) bond motifs is 1. The van der Waals surface area contributed by atoms with Gasteiger partial charge in [-0.05, 0) is 47.6 Å². The Morgan fingerprint density at radius 2 is 2.14 bits per heavy atom. The minimum Gasteiger partial charge on any atom is -0.306 e. The van der Waals surface area contributed by atoms with E-state index in [4.69, 9.17) is 16.9 Å². The molecule has 106 valence electrons. The molecular formula is C17H15ClN2S. The highest BCUT2D eigenvalue weighted by Crippen LogP contribution is 2.37. The molecule has 0 bridgehead atoms. The summed E-state index contributed by atoms with van der Waals surface area (Å²) in [6, 6.07) is 16.4. The van der Waals surface area contributed by atoms with Crippen molar-refractivity contribution < 1.29 is 0 Å². The molecule has 2 nitrogen and oxygen atoms in total. The summed E-state index contributed by atoms with van der Waals surface area (Å²) in [6.45, 7) is 0.699. The lowest BCUT2D eigenvalue weighted by Gasteiger charge is -2.26. The van der Waals surface area contributed by atoms with Crippen molar-refractivity contribution in [2.75, 3.05) is 5.75 Å². The van der Waals surface area contributed by atoms with Crippen molar-refractivity contribution in [1.82, 2.24) is 5.32 Å². The SMILES string of the molecule is N#Cc1ccccc1CNC1CCSc2ccc(Cl)cc21. The number of nitrogens with zero attached hydrogens (tertiary/aromatic N) is 1. The van der Waals surface area contributed by atoms with Gasteiger partial charge in [0, 0.05) is 22.5 Å². The van der Waals surface area contributed by atoms with Crippen molar-refractivity contribution in [3.63, 3.8) is 0 Å². The van der Waals surface area contributed by atoms with Gasteiger partial charge < -0.3 is 5.32 Å². The average Bonchev–Trinajstić information content (AvgIpc) is 2.53. The monoisotopic (exact) mass is 314 g/mol. The molecule has 1 aliphatic rings. The first-order valence-corrected chi connectivity index (χ1v) is 8.28. The zero-order chi connectivity index (χ0) is 14.7. The van der Waals surface area contributed by atoms with Gasteiger partial charge in [0.25, 0.3) is 0 Å². The molecule has 1 aliphatic heterocycles. The van der Waals surface area contributed by atoms with Gasteiger partial charge in [-0.2, -0.15) is 5.26 Å². The zero-order valence-corrected chi connectivity index (χ0v) is 13.0. The largest absolute Gasteiger partial charge is 0.306 e. The number of hydrogen-bond donors (Lipinski definition) is 1. The molecule has 2 aromatic rings. The maximum Gasteiger partial charge on any atom is 0.0995 e. The van der Waals surface area contributed by atoms with Crippen LogP contribution < -0.4 is 5.32 Å². The van der Waals surface area contributed by atoms with Crippen molar-refractivity contribution >= 4 is 23.4 Å². The second-order valence-electron chi connectivity index (χ2n) is 5.02. The maximum absolute atomic E-state index is 9.15. The van der Waals surface area contributed by atoms with E-state index in [-0.39, 0.29) is 0 Å². The predicted molar refractivity (Wildman–Crippen MR) is 87.5 cm³/mol. The van der Waals surface area contributed by atoms with E-state index in [1.165, 1.54) is 10.5 Å². The van der Waals surface area contributed by atoms with Gasteiger partial charge in [-0.3, -0.25) is 0 Å². The van der Waals surface area contributed by atoms with Crippen LogP contribution in [0.5, 0.6) is 0 Å². The van der Waals surface area contributed by atoms with Crippen LogP contribution in [0.25, 0.3) is 0 Å². The number of thioether (sulfide) groups is 1. The van der Waals surface area contributed by atoms with E-state index < -0.39 is 0 Å². The fourth-order valence-electron chi connectivity index (χ4n) is 2.59. The average molecular weight is 315 g/mol. The summed E-state index contributed by atoms with van der Waals surface area (Å²) < 4.78 is 0. The van der Waals surface area contributed by atoms with E-state index in [1.807, 2.05) is 42.1 Å². The van der Waals surface area contributed by atoms with Crippen molar-refractivity contribution in [3.8, 4) is 6.07 Å². The van der Waals surface area contributed by atoms with Crippen LogP contribution in [0.15, 0.2) is 47.4 Å². The summed E-state index contributed by atoms with van der Waals surface area (Å²) in [5.74, 6) is 1.10. The number of hydrogen-bond acceptors (Lipinski definition) is 3. The Morgan fingerprint density at radius 3 is 3.00 bits per heavy atom. The van der Waals surface area contributed by atoms with Gasteiger partial charge >= 0.3 is 0 Å². The second-order valence-corrected chi connectivity index (χ2v) is 6.59. The number of rotatable bonds is 3. The molecule has 0 aliphatic carbocycles. The van der Waals surface area contributed by atoms with Crippen molar-refractivity contribution in [2.24, 2.45) is 0 Å². The van der Waals surface area contributed by atoms with E-state index in [1.54, 1.807) is 0 Å². The quantitative estimate of drug-likeness (QED) is 0.903. The molecule has 0 aromatic heterocycles. The molecule has 0 saturated carbocycles. The smallest absolute Gasteiger partial charge is 0.0995 e. The summed E-state index contributed by atoms with van der Waals surface area (Å²) in [6.07, 6.45) is 1.08. The lowest BCUT2D eigenvalue weighted by molar-refractivity contribution is 0.510. The van der Waals surface area contributed by atoms with E-state index in [0.717, 1.165) is 28.3 Å². The lowest BCUT2D eigenvalue weighted by atomic mass is 10.0. The second kappa shape index (κ2) is 6.53. The fraction of sp³-hybridized carbons (Fsp3) is 0.235. The summed E-state index contributed by atoms with van der Waals surface area (Å²) in [4.78, 5) is 1.30. The molecule has 3 rings (SSSR count). The molecular weight excluding hydrogens is 300 g/mol. The molecule has 4 heteroatoms. The molecule has 2 aromatic carbocycles. The number of benzene rings is 2. The first-order chi connectivity index (χ1) is 10.3. The maximum atomic E-state index is 9.15. The van der Waals surface area contributed by atoms with Crippen LogP contribution in [-0.2, 0) is 6.54 Å². The Kier molecular flexibility index (Phi) is 4.50. The minimum absolute atomic E-state index is 0.298. The first kappa shape index (κ1) is 14.5. The van der Waals surface area contributed by atoms with Gasteiger partial charge in [0.1, 0.15) is 0 Å². The van der Waals surface area contributed by atoms with E-state index in [0.29, 0.717) is 12.6 Å². The standard InChI is InChI=1S/C17H15ClN2S/c18-14-5-6-17-15(9-14)16(7-8-21-17)20-11-13-4-2-1-3-12(13)10-19/h1-6,9,16,20H,7-8,11H2. The third kappa shape index (κ3) is 3.24. The van der Waals surface area contributed by atoms with Gasteiger partial charge in [0.2, 0.25) is 0 Å². The lowest BCUT2D eigenvalue weighted by Crippen LogP contribution is -2.24. The third-order valence-electron chi connectivity index (χ3n) is 3.69. The Hall–Kier alpha value is -1.47. The molecule has 1 atom stereocenters. The molecule has 1 N–H and O–H groups in total. The summed E-state index contributed by atoms with van der Waals surface area (Å²) in [5, 5.41) is 13.5. The summed E-state index contributed by atoms with van der Waals surface area (Å²) >= 11 is 8.01. The predicted octanol–water partition coefficient (Wildman–Crippen LogP) is 4.54. The summed E-state index contributed by atoms with van der Waals surface area (Å²) in [5.41, 5.74) is 3.05. The van der Waals surface area contributed by atoms with E-state index >= 15 is 0 Å². The van der Waals surface area contributed by atoms with Crippen LogP contribution in [0, 0.1) is 11.3 Å². The topological polar surface area (TPSA) is 35.8 Å². The Balaban J connectivity index is 1.78. The van der Waals surface area contributed by atoms with Crippen LogP contribution in [-0.4, -0.2) is 5.75 Å². The molecule has 0 fully saturated rings. The van der Waals surface area contributed by atoms with Crippen LogP contribution in [0.3, 0.4) is 0 Å². The van der Waals surface area contributed by atoms with Gasteiger partial charge in [-0.25, -0.2) is 0 Å². The van der Waals surface area contributed by atoms with Gasteiger partial charge in [-0.1, -0.05) is 29.8 Å². The highest BCUT2D eigenvalue weighted by atomic mass is 35.5. The highest BCUT2D eigenvalue weighted by molar-refractivity contribution is 7.99. The molecule has 1 unspecified atom stereocenters. The summed E-state index contributed by atoms with van der Waals surface area (Å²) in [7, 11) is 0. The van der Waals surface area contributed by atoms with Crippen molar-refractivity contribution in [2.45, 2.75) is 23.9 Å². The Labute approximate surface area is 134 Å². The molecule has 1 heterocycles. The van der Waals surface area contributed by atoms with Crippen molar-refractivity contribution in [1.29, 1.82) is 5.26 Å². The van der Waals surface area contributed by atoms with Gasteiger partial charge in [0.05, 0.1) is 11.6 Å². The molecule has 0 spiro atoms. The number of halogens is 1. The third-order valence-corrected chi connectivity index (χ3v) is 5.05. The minimum atomic E-state index is 0.298. The van der Waals surface area contributed by atoms with Gasteiger partial charge in [0.15, 0.2) is 0 Å². The van der Waals surface area contributed by atoms with E-state index in [9.17, 15) is 0 Å². The molecule has 0 radical (unpaired) electrons. The Morgan fingerprint density at radius 1 is 1.29 bits per heavy atom. The van der Waals surface area contributed by atoms with Crippen LogP contribution in [0.1, 0.15) is 29.2 Å². The molecule has 21 heavy (non-hydrogen) atoms. The Bertz CT molecular complexity index is 693. The molecule has 0 amide bonds. The fourth-order valence-corrected chi connectivity index (χ4v) is 3.88. The van der Waals surface area contributed by atoms with Gasteiger partial charge in [-0.15, -0.1) is 11.8 Å². The first-order valence-electron chi connectivity index (χ1n) is 6.91. The van der Waals surface area contributed by atoms with E-state index in [2.05, 4.69) is 23.5 Å². The number of nitriles is 1. The van der Waals surface area contributed by atoms with Crippen LogP contribution in [0.4, 0.5) is 0 Å². The zero-order valence-electron chi connectivity index (χ0n) is 11.5. The van der Waals surface area contributed by atoms with Crippen molar-refractivity contribution in [3.05, 3.63) is 64.2 Å². The normalized spacial score (nSPS) is 17.0. The molecule has 0 saturated heterocycles. The van der Waals surface area contributed by atoms with Crippen LogP contribution >= 0.6 is 23.4 Å². The highest BCUT2D eigenvalue weighted by Gasteiger charge is 2.20. The van der Waals surface area contributed by atoms with Crippen LogP contribution in [0.2, 0.25) is 5.02 Å².